The van der Waals surface area contributed by atoms with Gasteiger partial charge in [-0.1, -0.05) is 23.2 Å². The van der Waals surface area contributed by atoms with Gasteiger partial charge in [0.25, 0.3) is 10.0 Å². The van der Waals surface area contributed by atoms with Crippen LogP contribution in [0.4, 0.5) is 0 Å². The van der Waals surface area contributed by atoms with Crippen LogP contribution in [-0.4, -0.2) is 24.5 Å². The van der Waals surface area contributed by atoms with E-state index in [1.54, 1.807) is 16.7 Å². The largest absolute Gasteiger partial charge is 0.312 e. The number of rotatable bonds is 0. The zero-order chi connectivity index (χ0) is 12.2. The van der Waals surface area contributed by atoms with Crippen LogP contribution in [0.5, 0.6) is 0 Å². The fourth-order valence-corrected chi connectivity index (χ4v) is 3.38. The van der Waals surface area contributed by atoms with Crippen LogP contribution < -0.4 is 4.72 Å². The van der Waals surface area contributed by atoms with E-state index in [0.29, 0.717) is 34.2 Å². The molecule has 3 rings (SSSR count). The summed E-state index contributed by atoms with van der Waals surface area (Å²) in [5.41, 5.74) is 1.21. The molecule has 0 aliphatic carbocycles. The molecule has 17 heavy (non-hydrogen) atoms. The summed E-state index contributed by atoms with van der Waals surface area (Å²) in [4.78, 5) is 4.08. The Kier molecular flexibility index (Phi) is 2.38. The zero-order valence-corrected chi connectivity index (χ0v) is 10.8. The number of imidazole rings is 1. The Morgan fingerprint density at radius 2 is 2.00 bits per heavy atom. The minimum atomic E-state index is -3.51. The Morgan fingerprint density at radius 3 is 2.76 bits per heavy atom. The molecule has 1 aliphatic rings. The van der Waals surface area contributed by atoms with Crippen molar-refractivity contribution in [1.82, 2.24) is 14.3 Å². The maximum Gasteiger partial charge on any atom is 0.274 e. The number of nitrogens with one attached hydrogen (secondary N) is 1. The molecule has 0 saturated carbocycles. The Hall–Kier alpha value is -0.820. The van der Waals surface area contributed by atoms with E-state index in [2.05, 4.69) is 9.71 Å². The third kappa shape index (κ3) is 1.63. The lowest BCUT2D eigenvalue weighted by Crippen LogP contribution is -2.35. The van der Waals surface area contributed by atoms with E-state index < -0.39 is 10.0 Å². The van der Waals surface area contributed by atoms with Crippen molar-refractivity contribution in [2.45, 2.75) is 11.7 Å². The smallest absolute Gasteiger partial charge is 0.274 e. The lowest BCUT2D eigenvalue weighted by Gasteiger charge is -2.15. The molecular weight excluding hydrogens is 285 g/mol. The number of benzene rings is 1. The molecule has 2 aromatic rings. The summed E-state index contributed by atoms with van der Waals surface area (Å²) in [7, 11) is -3.51. The highest BCUT2D eigenvalue weighted by Crippen LogP contribution is 2.30. The molecule has 90 valence electrons. The van der Waals surface area contributed by atoms with Crippen molar-refractivity contribution in [3.8, 4) is 0 Å². The van der Waals surface area contributed by atoms with E-state index in [-0.39, 0.29) is 5.16 Å². The van der Waals surface area contributed by atoms with Gasteiger partial charge in [-0.05, 0) is 12.1 Å². The molecule has 0 fully saturated rings. The molecule has 1 aromatic carbocycles. The van der Waals surface area contributed by atoms with Gasteiger partial charge in [-0.3, -0.25) is 0 Å². The van der Waals surface area contributed by atoms with E-state index in [4.69, 9.17) is 23.2 Å². The molecule has 8 heteroatoms. The first-order valence-electron chi connectivity index (χ1n) is 4.84. The van der Waals surface area contributed by atoms with Gasteiger partial charge in [-0.2, -0.15) is 0 Å². The molecular formula is C9H7Cl2N3O2S. The summed E-state index contributed by atoms with van der Waals surface area (Å²) in [6.07, 6.45) is 0. The van der Waals surface area contributed by atoms with Crippen LogP contribution in [0.3, 0.4) is 0 Å². The molecule has 5 nitrogen and oxygen atoms in total. The first-order chi connectivity index (χ1) is 7.99. The summed E-state index contributed by atoms with van der Waals surface area (Å²) in [6, 6.07) is 3.20. The summed E-state index contributed by atoms with van der Waals surface area (Å²) in [5, 5.41) is 0.759. The monoisotopic (exact) mass is 291 g/mol. The van der Waals surface area contributed by atoms with Gasteiger partial charge < -0.3 is 4.57 Å². The number of aromatic nitrogens is 2. The Labute approximate surface area is 107 Å². The quantitative estimate of drug-likeness (QED) is 0.802. The summed E-state index contributed by atoms with van der Waals surface area (Å²) in [5.74, 6) is 0. The molecule has 1 aliphatic heterocycles. The first kappa shape index (κ1) is 11.3. The number of halogens is 2. The van der Waals surface area contributed by atoms with Crippen LogP contribution in [0.15, 0.2) is 17.3 Å². The SMILES string of the molecule is O=S1(=O)NCCn2c1nc1cc(Cl)c(Cl)cc12. The number of nitrogens with zero attached hydrogens (tertiary/aromatic N) is 2. The molecule has 0 bridgehead atoms. The van der Waals surface area contributed by atoms with E-state index in [1.807, 2.05) is 0 Å². The fourth-order valence-electron chi connectivity index (χ4n) is 1.88. The van der Waals surface area contributed by atoms with E-state index in [9.17, 15) is 8.42 Å². The molecule has 0 spiro atoms. The van der Waals surface area contributed by atoms with Gasteiger partial charge in [0.1, 0.15) is 0 Å². The highest BCUT2D eigenvalue weighted by atomic mass is 35.5. The third-order valence-electron chi connectivity index (χ3n) is 2.62. The molecule has 0 amide bonds. The fraction of sp³-hybridized carbons (Fsp3) is 0.222. The number of hydrogen-bond acceptors (Lipinski definition) is 3. The van der Waals surface area contributed by atoms with Crippen LogP contribution in [0.2, 0.25) is 10.0 Å². The molecule has 1 N–H and O–H groups in total. The van der Waals surface area contributed by atoms with Crippen LogP contribution in [0.25, 0.3) is 11.0 Å². The van der Waals surface area contributed by atoms with Gasteiger partial charge in [0.05, 0.1) is 21.1 Å². The van der Waals surface area contributed by atoms with Gasteiger partial charge in [-0.15, -0.1) is 0 Å². The Bertz CT molecular complexity index is 723. The van der Waals surface area contributed by atoms with Gasteiger partial charge in [0.15, 0.2) is 0 Å². The second-order valence-corrected chi connectivity index (χ2v) is 6.17. The number of hydrogen-bond donors (Lipinski definition) is 1. The predicted molar refractivity (Wildman–Crippen MR) is 64.9 cm³/mol. The molecule has 0 radical (unpaired) electrons. The lowest BCUT2D eigenvalue weighted by atomic mass is 10.3. The highest BCUT2D eigenvalue weighted by Gasteiger charge is 2.27. The zero-order valence-electron chi connectivity index (χ0n) is 8.44. The van der Waals surface area contributed by atoms with Gasteiger partial charge >= 0.3 is 0 Å². The molecule has 1 aromatic heterocycles. The van der Waals surface area contributed by atoms with Gasteiger partial charge in [0.2, 0.25) is 5.16 Å². The molecule has 0 saturated heterocycles. The van der Waals surface area contributed by atoms with E-state index >= 15 is 0 Å². The van der Waals surface area contributed by atoms with Crippen molar-refractivity contribution in [2.75, 3.05) is 6.54 Å². The second-order valence-electron chi connectivity index (χ2n) is 3.70. The minimum absolute atomic E-state index is 0.0112. The van der Waals surface area contributed by atoms with Crippen LogP contribution in [0.1, 0.15) is 0 Å². The molecule has 0 unspecified atom stereocenters. The van der Waals surface area contributed by atoms with Crippen LogP contribution in [0, 0.1) is 0 Å². The topological polar surface area (TPSA) is 64.0 Å². The second kappa shape index (κ2) is 3.58. The standard InChI is InChI=1S/C9H7Cl2N3O2S/c10-5-3-7-8(4-6(5)11)14-2-1-12-17(15,16)9(14)13-7/h3-4,12H,1-2H2. The van der Waals surface area contributed by atoms with Crippen molar-refractivity contribution in [1.29, 1.82) is 0 Å². The van der Waals surface area contributed by atoms with Gasteiger partial charge in [-0.25, -0.2) is 18.1 Å². The normalized spacial score (nSPS) is 18.2. The van der Waals surface area contributed by atoms with Gasteiger partial charge in [0, 0.05) is 13.1 Å². The Morgan fingerprint density at radius 1 is 1.29 bits per heavy atom. The molecule has 0 atom stereocenters. The number of sulfonamides is 1. The van der Waals surface area contributed by atoms with Crippen molar-refractivity contribution in [3.63, 3.8) is 0 Å². The van der Waals surface area contributed by atoms with Crippen molar-refractivity contribution in [3.05, 3.63) is 22.2 Å². The summed E-state index contributed by atoms with van der Waals surface area (Å²) in [6.45, 7) is 0.879. The maximum atomic E-state index is 11.8. The van der Waals surface area contributed by atoms with Crippen molar-refractivity contribution >= 4 is 44.3 Å². The average molecular weight is 292 g/mol. The molecule has 2 heterocycles. The maximum absolute atomic E-state index is 11.8. The predicted octanol–water partition coefficient (Wildman–Crippen LogP) is 1.64. The van der Waals surface area contributed by atoms with Crippen LogP contribution >= 0.6 is 23.2 Å². The highest BCUT2D eigenvalue weighted by molar-refractivity contribution is 7.89. The first-order valence-corrected chi connectivity index (χ1v) is 7.08. The van der Waals surface area contributed by atoms with Crippen molar-refractivity contribution < 1.29 is 8.42 Å². The summed E-state index contributed by atoms with van der Waals surface area (Å²) >= 11 is 11.8. The van der Waals surface area contributed by atoms with Crippen LogP contribution in [-0.2, 0) is 16.6 Å². The third-order valence-corrected chi connectivity index (χ3v) is 4.72. The van der Waals surface area contributed by atoms with Crippen molar-refractivity contribution in [2.24, 2.45) is 0 Å². The van der Waals surface area contributed by atoms with E-state index in [1.165, 1.54) is 0 Å². The Balaban J connectivity index is 2.42. The summed E-state index contributed by atoms with van der Waals surface area (Å²) < 4.78 is 27.6. The average Bonchev–Trinajstić information content (AvgIpc) is 2.59. The number of fused-ring (bicyclic) bond motifs is 3. The lowest BCUT2D eigenvalue weighted by molar-refractivity contribution is 0.521. The van der Waals surface area contributed by atoms with E-state index in [0.717, 1.165) is 0 Å². The minimum Gasteiger partial charge on any atom is -0.312 e.